The molecule has 2 bridgehead atoms. The van der Waals surface area contributed by atoms with Crippen LogP contribution in [0.3, 0.4) is 0 Å². The van der Waals surface area contributed by atoms with E-state index in [1.165, 1.54) is 11.1 Å². The van der Waals surface area contributed by atoms with Crippen LogP contribution >= 0.6 is 11.6 Å². The number of aliphatic hydroxyl groups is 1. The molecule has 0 saturated carbocycles. The van der Waals surface area contributed by atoms with E-state index in [9.17, 15) is 0 Å². The van der Waals surface area contributed by atoms with E-state index in [-0.39, 0.29) is 6.61 Å². The number of aliphatic hydroxyl groups excluding tert-OH is 1. The minimum Gasteiger partial charge on any atom is -0.398 e. The van der Waals surface area contributed by atoms with Crippen molar-refractivity contribution >= 4 is 28.2 Å². The molecule has 0 spiro atoms. The zero-order chi connectivity index (χ0) is 19.3. The van der Waals surface area contributed by atoms with Crippen molar-refractivity contribution in [3.8, 4) is 0 Å². The van der Waals surface area contributed by atoms with E-state index in [1.54, 1.807) is 10.9 Å². The van der Waals surface area contributed by atoms with Gasteiger partial charge in [0.2, 0.25) is 0 Å². The van der Waals surface area contributed by atoms with Crippen molar-refractivity contribution in [1.29, 1.82) is 0 Å². The molecule has 28 heavy (non-hydrogen) atoms. The molecule has 144 valence electrons. The van der Waals surface area contributed by atoms with E-state index >= 15 is 0 Å². The largest absolute Gasteiger partial charge is 0.398 e. The lowest BCUT2D eigenvalue weighted by molar-refractivity contribution is 0.276. The third-order valence-electron chi connectivity index (χ3n) is 5.95. The highest BCUT2D eigenvalue weighted by Gasteiger charge is 2.33. The highest BCUT2D eigenvalue weighted by atomic mass is 35.5. The summed E-state index contributed by atoms with van der Waals surface area (Å²) in [4.78, 5) is 4.91. The van der Waals surface area contributed by atoms with Gasteiger partial charge in [0.1, 0.15) is 5.69 Å². The zero-order valence-corrected chi connectivity index (χ0v) is 16.2. The fraction of sp³-hybridized carbons (Fsp3) is 0.381. The number of halogens is 1. The van der Waals surface area contributed by atoms with Gasteiger partial charge < -0.3 is 10.8 Å². The van der Waals surface area contributed by atoms with Crippen LogP contribution in [0.4, 0.5) is 5.69 Å². The number of aryl methyl sites for hydroxylation is 1. The minimum atomic E-state index is -0.0743. The van der Waals surface area contributed by atoms with Gasteiger partial charge in [-0.2, -0.15) is 0 Å². The van der Waals surface area contributed by atoms with Crippen molar-refractivity contribution in [2.75, 3.05) is 5.73 Å². The van der Waals surface area contributed by atoms with Crippen molar-refractivity contribution in [2.24, 2.45) is 5.92 Å². The first-order chi connectivity index (χ1) is 13.6. The maximum absolute atomic E-state index is 9.13. The Kier molecular flexibility index (Phi) is 4.33. The summed E-state index contributed by atoms with van der Waals surface area (Å²) in [5.74, 6) is 0.929. The predicted octanol–water partition coefficient (Wildman–Crippen LogP) is 3.62. The summed E-state index contributed by atoms with van der Waals surface area (Å²) in [5, 5.41) is 18.8. The number of allylic oxidation sites excluding steroid dienone is 2. The lowest BCUT2D eigenvalue weighted by Crippen LogP contribution is -2.25. The van der Waals surface area contributed by atoms with Gasteiger partial charge >= 0.3 is 0 Å². The van der Waals surface area contributed by atoms with Crippen LogP contribution < -0.4 is 5.73 Å². The summed E-state index contributed by atoms with van der Waals surface area (Å²) in [6, 6.07) is 5.76. The monoisotopic (exact) mass is 395 g/mol. The zero-order valence-electron chi connectivity index (χ0n) is 15.5. The number of nitrogen functional groups attached to an aromatic ring is 1. The van der Waals surface area contributed by atoms with Gasteiger partial charge in [0.25, 0.3) is 0 Å². The lowest BCUT2D eigenvalue weighted by atomic mass is 9.70. The number of pyridine rings is 1. The first-order valence-electron chi connectivity index (χ1n) is 9.67. The number of benzene rings is 1. The van der Waals surface area contributed by atoms with Crippen molar-refractivity contribution < 1.29 is 5.11 Å². The molecule has 5 rings (SSSR count). The quantitative estimate of drug-likeness (QED) is 0.658. The summed E-state index contributed by atoms with van der Waals surface area (Å²) >= 11 is 6.15. The number of hydrogen-bond donors (Lipinski definition) is 2. The number of nitrogens with zero attached hydrogens (tertiary/aromatic N) is 4. The molecule has 3 N–H and O–H groups in total. The predicted molar refractivity (Wildman–Crippen MR) is 109 cm³/mol. The molecule has 2 aromatic heterocycles. The molecule has 2 aliphatic rings. The molecule has 7 heteroatoms. The van der Waals surface area contributed by atoms with Crippen molar-refractivity contribution in [3.63, 3.8) is 0 Å². The maximum Gasteiger partial charge on any atom is 0.108 e. The Morgan fingerprint density at radius 2 is 2.18 bits per heavy atom. The van der Waals surface area contributed by atoms with Crippen LogP contribution in [0.15, 0.2) is 36.0 Å². The topological polar surface area (TPSA) is 89.8 Å². The first kappa shape index (κ1) is 17.6. The molecule has 2 atom stereocenters. The summed E-state index contributed by atoms with van der Waals surface area (Å²) < 4.78 is 1.80. The third-order valence-corrected chi connectivity index (χ3v) is 6.18. The van der Waals surface area contributed by atoms with Gasteiger partial charge in [-0.25, -0.2) is 0 Å². The van der Waals surface area contributed by atoms with E-state index in [0.29, 0.717) is 22.6 Å². The SMILES string of the molecule is Nc1c2c(nc3cc(Cl)ccc13)CC1C=C(CCn3cc(CO)nn3)CC2C1. The van der Waals surface area contributed by atoms with Crippen LogP contribution in [-0.2, 0) is 19.6 Å². The molecule has 0 radical (unpaired) electrons. The molecule has 2 heterocycles. The molecule has 0 amide bonds. The number of fused-ring (bicyclic) bond motifs is 5. The average molecular weight is 396 g/mol. The minimum absolute atomic E-state index is 0.0743. The number of aromatic nitrogens is 4. The second kappa shape index (κ2) is 6.87. The van der Waals surface area contributed by atoms with Crippen LogP contribution in [0.1, 0.15) is 42.1 Å². The van der Waals surface area contributed by atoms with Crippen molar-refractivity contribution in [3.05, 3.63) is 58.0 Å². The van der Waals surface area contributed by atoms with E-state index in [2.05, 4.69) is 16.4 Å². The van der Waals surface area contributed by atoms with E-state index in [1.807, 2.05) is 18.2 Å². The molecule has 3 aromatic rings. The van der Waals surface area contributed by atoms with E-state index in [0.717, 1.165) is 54.5 Å². The van der Waals surface area contributed by atoms with Gasteiger partial charge in [-0.05, 0) is 55.7 Å². The lowest BCUT2D eigenvalue weighted by Gasteiger charge is -2.36. The molecule has 0 saturated heterocycles. The van der Waals surface area contributed by atoms with Crippen molar-refractivity contribution in [2.45, 2.75) is 44.8 Å². The van der Waals surface area contributed by atoms with E-state index in [4.69, 9.17) is 27.4 Å². The van der Waals surface area contributed by atoms with Crippen LogP contribution in [0.5, 0.6) is 0 Å². The molecule has 0 fully saturated rings. The summed E-state index contributed by atoms with van der Waals surface area (Å²) in [5.41, 5.74) is 12.8. The number of anilines is 1. The Labute approximate surface area is 168 Å². The highest BCUT2D eigenvalue weighted by molar-refractivity contribution is 6.31. The fourth-order valence-electron chi connectivity index (χ4n) is 4.75. The van der Waals surface area contributed by atoms with Crippen LogP contribution in [0.2, 0.25) is 5.02 Å². The molecule has 2 aliphatic carbocycles. The second-order valence-corrected chi connectivity index (χ2v) is 8.29. The van der Waals surface area contributed by atoms with Crippen molar-refractivity contribution in [1.82, 2.24) is 20.0 Å². The van der Waals surface area contributed by atoms with Gasteiger partial charge in [0, 0.05) is 33.9 Å². The van der Waals surface area contributed by atoms with Gasteiger partial charge in [0.05, 0.1) is 18.3 Å². The average Bonchev–Trinajstić information content (AvgIpc) is 3.14. The summed E-state index contributed by atoms with van der Waals surface area (Å²) in [6.45, 7) is 0.699. The van der Waals surface area contributed by atoms with Crippen LogP contribution in [0.25, 0.3) is 10.9 Å². The Morgan fingerprint density at radius 3 is 3.00 bits per heavy atom. The molecule has 2 unspecified atom stereocenters. The standard InChI is InChI=1S/C21H22ClN5O/c22-15-1-2-17-18(9-15)24-19-8-13-5-12(6-14(7-13)20(19)21(17)23)3-4-27-10-16(11-28)25-26-27/h1-2,5,9-10,13-14,28H,3-4,6-8,11H2,(H2,23,24). The summed E-state index contributed by atoms with van der Waals surface area (Å²) in [6.07, 6.45) is 8.24. The molecular weight excluding hydrogens is 374 g/mol. The van der Waals surface area contributed by atoms with Gasteiger partial charge in [-0.3, -0.25) is 9.67 Å². The second-order valence-electron chi connectivity index (χ2n) is 7.85. The number of hydrogen-bond acceptors (Lipinski definition) is 5. The maximum atomic E-state index is 9.13. The van der Waals surface area contributed by atoms with Gasteiger partial charge in [0.15, 0.2) is 0 Å². The number of nitrogens with two attached hydrogens (primary N) is 1. The number of rotatable bonds is 4. The Morgan fingerprint density at radius 1 is 1.29 bits per heavy atom. The first-order valence-corrected chi connectivity index (χ1v) is 10.1. The third kappa shape index (κ3) is 3.06. The van der Waals surface area contributed by atoms with Crippen LogP contribution in [0, 0.1) is 5.92 Å². The normalized spacial score (nSPS) is 20.9. The molecule has 0 aliphatic heterocycles. The Balaban J connectivity index is 1.41. The highest BCUT2D eigenvalue weighted by Crippen LogP contribution is 2.47. The Bertz CT molecular complexity index is 1090. The Hall–Kier alpha value is -2.44. The van der Waals surface area contributed by atoms with Crippen LogP contribution in [-0.4, -0.2) is 25.1 Å². The molecule has 6 nitrogen and oxygen atoms in total. The fourth-order valence-corrected chi connectivity index (χ4v) is 4.92. The smallest absolute Gasteiger partial charge is 0.108 e. The molecular formula is C21H22ClN5O. The molecule has 1 aromatic carbocycles. The van der Waals surface area contributed by atoms with E-state index < -0.39 is 0 Å². The van der Waals surface area contributed by atoms with Gasteiger partial charge in [-0.15, -0.1) is 5.10 Å². The summed E-state index contributed by atoms with van der Waals surface area (Å²) in [7, 11) is 0. The van der Waals surface area contributed by atoms with Gasteiger partial charge in [-0.1, -0.05) is 28.5 Å².